The van der Waals surface area contributed by atoms with Crippen LogP contribution in [-0.4, -0.2) is 81.1 Å². The largest absolute Gasteiger partial charge is 0.440 e. The highest BCUT2D eigenvalue weighted by molar-refractivity contribution is 7.87. The summed E-state index contributed by atoms with van der Waals surface area (Å²) in [5.41, 5.74) is -1.01. The highest BCUT2D eigenvalue weighted by Crippen LogP contribution is 2.35. The second-order valence-corrected chi connectivity index (χ2v) is 9.39. The molecule has 0 radical (unpaired) electrons. The predicted octanol–water partition coefficient (Wildman–Crippen LogP) is 0.686. The van der Waals surface area contributed by atoms with Crippen LogP contribution in [0.5, 0.6) is 5.88 Å². The Balaban J connectivity index is 1.95. The van der Waals surface area contributed by atoms with Gasteiger partial charge in [0.1, 0.15) is 34.4 Å². The summed E-state index contributed by atoms with van der Waals surface area (Å²) in [6.45, 7) is 2.16. The highest BCUT2D eigenvalue weighted by atomic mass is 35.5. The van der Waals surface area contributed by atoms with Crippen molar-refractivity contribution in [2.24, 2.45) is 4.99 Å². The molecule has 11 nitrogen and oxygen atoms in total. The number of hydrogen-bond donors (Lipinski definition) is 3. The van der Waals surface area contributed by atoms with Gasteiger partial charge >= 0.3 is 16.3 Å². The van der Waals surface area contributed by atoms with Gasteiger partial charge in [-0.2, -0.15) is 21.6 Å². The SMILES string of the molecule is C/C(=N\C1O[C@H](CO)[C@@H](O)[C@H](O)C1Cl)n1nc(OS(=O)(=O)c2ccc(C)cc2)c(C(F)(F)F)n1. The third-order valence-corrected chi connectivity index (χ3v) is 6.48. The number of aliphatic hydroxyl groups excluding tert-OH is 3. The predicted molar refractivity (Wildman–Crippen MR) is 110 cm³/mol. The van der Waals surface area contributed by atoms with Crippen molar-refractivity contribution in [1.29, 1.82) is 0 Å². The van der Waals surface area contributed by atoms with E-state index in [0.717, 1.165) is 24.6 Å². The molecule has 0 aliphatic carbocycles. The Kier molecular flexibility index (Phi) is 7.54. The summed E-state index contributed by atoms with van der Waals surface area (Å²) in [5, 5.41) is 34.5. The topological polar surface area (TPSA) is 156 Å². The summed E-state index contributed by atoms with van der Waals surface area (Å²) in [6, 6.07) is 5.19. The van der Waals surface area contributed by atoms with Crippen molar-refractivity contribution in [3.8, 4) is 5.88 Å². The molecule has 1 fully saturated rings. The molecular formula is C18H20ClF3N4O7S. The number of halogens is 4. The Morgan fingerprint density at radius 1 is 1.24 bits per heavy atom. The molecule has 188 valence electrons. The molecule has 0 spiro atoms. The number of aliphatic hydroxyl groups is 3. The minimum Gasteiger partial charge on any atom is -0.394 e. The van der Waals surface area contributed by atoms with E-state index in [2.05, 4.69) is 19.4 Å². The van der Waals surface area contributed by atoms with Gasteiger partial charge in [0.25, 0.3) is 5.88 Å². The second-order valence-electron chi connectivity index (χ2n) is 7.34. The first-order valence-electron chi connectivity index (χ1n) is 9.61. The van der Waals surface area contributed by atoms with E-state index in [9.17, 15) is 36.9 Å². The van der Waals surface area contributed by atoms with Gasteiger partial charge in [-0.3, -0.25) is 0 Å². The van der Waals surface area contributed by atoms with Crippen LogP contribution < -0.4 is 4.18 Å². The van der Waals surface area contributed by atoms with Crippen molar-refractivity contribution in [3.63, 3.8) is 0 Å². The monoisotopic (exact) mass is 528 g/mol. The molecule has 2 aromatic rings. The van der Waals surface area contributed by atoms with E-state index >= 15 is 0 Å². The van der Waals surface area contributed by atoms with Gasteiger partial charge in [-0.25, -0.2) is 4.99 Å². The molecule has 34 heavy (non-hydrogen) atoms. The van der Waals surface area contributed by atoms with E-state index in [0.29, 0.717) is 4.80 Å². The lowest BCUT2D eigenvalue weighted by molar-refractivity contribution is -0.174. The van der Waals surface area contributed by atoms with E-state index in [1.54, 1.807) is 6.92 Å². The van der Waals surface area contributed by atoms with E-state index in [1.165, 1.54) is 12.1 Å². The smallest absolute Gasteiger partial charge is 0.394 e. The summed E-state index contributed by atoms with van der Waals surface area (Å²) in [7, 11) is -4.68. The lowest BCUT2D eigenvalue weighted by Gasteiger charge is -2.38. The number of ether oxygens (including phenoxy) is 1. The van der Waals surface area contributed by atoms with Crippen molar-refractivity contribution in [3.05, 3.63) is 35.5 Å². The summed E-state index contributed by atoms with van der Waals surface area (Å²) in [6.07, 6.45) is -10.9. The van der Waals surface area contributed by atoms with Crippen LogP contribution in [0.25, 0.3) is 0 Å². The van der Waals surface area contributed by atoms with Crippen LogP contribution in [0.4, 0.5) is 13.2 Å². The first kappa shape index (κ1) is 26.3. The Morgan fingerprint density at radius 3 is 2.41 bits per heavy atom. The van der Waals surface area contributed by atoms with Crippen molar-refractivity contribution >= 4 is 27.6 Å². The summed E-state index contributed by atoms with van der Waals surface area (Å²) in [4.78, 5) is 3.89. The lowest BCUT2D eigenvalue weighted by atomic mass is 10.0. The Bertz CT molecular complexity index is 1160. The minimum absolute atomic E-state index is 0.344. The van der Waals surface area contributed by atoms with Gasteiger partial charge < -0.3 is 24.2 Å². The highest BCUT2D eigenvalue weighted by Gasteiger charge is 2.44. The fourth-order valence-electron chi connectivity index (χ4n) is 2.93. The van der Waals surface area contributed by atoms with E-state index in [-0.39, 0.29) is 5.84 Å². The molecule has 1 aromatic carbocycles. The maximum Gasteiger partial charge on any atom is 0.440 e. The molecule has 1 saturated heterocycles. The molecule has 0 amide bonds. The summed E-state index contributed by atoms with van der Waals surface area (Å²) >= 11 is 6.00. The van der Waals surface area contributed by atoms with E-state index in [4.69, 9.17) is 16.3 Å². The maximum atomic E-state index is 13.5. The third-order valence-electron chi connectivity index (χ3n) is 4.78. The van der Waals surface area contributed by atoms with Crippen molar-refractivity contribution < 1.29 is 45.8 Å². The number of aliphatic imine (C=N–C) groups is 1. The van der Waals surface area contributed by atoms with E-state index < -0.39 is 69.3 Å². The number of alkyl halides is 4. The molecule has 1 aromatic heterocycles. The summed E-state index contributed by atoms with van der Waals surface area (Å²) in [5.74, 6) is -1.68. The Hall–Kier alpha value is -2.30. The third kappa shape index (κ3) is 5.50. The van der Waals surface area contributed by atoms with Crippen LogP contribution in [0.3, 0.4) is 0 Å². The zero-order valence-electron chi connectivity index (χ0n) is 17.6. The van der Waals surface area contributed by atoms with Crippen molar-refractivity contribution in [2.45, 2.75) is 54.8 Å². The molecule has 2 unspecified atom stereocenters. The summed E-state index contributed by atoms with van der Waals surface area (Å²) < 4.78 is 75.3. The van der Waals surface area contributed by atoms with Gasteiger partial charge in [-0.05, 0) is 26.0 Å². The molecule has 1 aliphatic heterocycles. The normalized spacial score (nSPS) is 26.5. The van der Waals surface area contributed by atoms with Gasteiger partial charge in [0, 0.05) is 0 Å². The Morgan fingerprint density at radius 2 is 1.85 bits per heavy atom. The second kappa shape index (κ2) is 9.75. The molecule has 0 saturated carbocycles. The first-order chi connectivity index (χ1) is 15.7. The zero-order chi connectivity index (χ0) is 25.4. The number of nitrogens with zero attached hydrogens (tertiary/aromatic N) is 4. The number of aromatic nitrogens is 3. The van der Waals surface area contributed by atoms with Crippen molar-refractivity contribution in [1.82, 2.24) is 15.0 Å². The first-order valence-corrected chi connectivity index (χ1v) is 11.5. The van der Waals surface area contributed by atoms with Crippen LogP contribution in [0, 0.1) is 6.92 Å². The molecule has 5 atom stereocenters. The van der Waals surface area contributed by atoms with Gasteiger partial charge in [0.05, 0.1) is 6.61 Å². The van der Waals surface area contributed by atoms with Gasteiger partial charge in [0.2, 0.25) is 5.69 Å². The molecule has 1 aliphatic rings. The van der Waals surface area contributed by atoms with Crippen molar-refractivity contribution in [2.75, 3.05) is 6.61 Å². The van der Waals surface area contributed by atoms with Gasteiger partial charge in [-0.1, -0.05) is 17.7 Å². The molecular weight excluding hydrogens is 509 g/mol. The number of benzene rings is 1. The van der Waals surface area contributed by atoms with Gasteiger partial charge in [0.15, 0.2) is 6.23 Å². The van der Waals surface area contributed by atoms with Crippen LogP contribution in [0.1, 0.15) is 18.2 Å². The van der Waals surface area contributed by atoms with Crippen LogP contribution in [-0.2, 0) is 21.0 Å². The Labute approximate surface area is 196 Å². The van der Waals surface area contributed by atoms with Crippen LogP contribution in [0.15, 0.2) is 34.2 Å². The molecule has 16 heteroatoms. The fourth-order valence-corrected chi connectivity index (χ4v) is 4.08. The fraction of sp³-hybridized carbons (Fsp3) is 0.500. The average molecular weight is 529 g/mol. The number of rotatable bonds is 5. The minimum atomic E-state index is -5.13. The molecule has 2 heterocycles. The maximum absolute atomic E-state index is 13.5. The van der Waals surface area contributed by atoms with Gasteiger partial charge in [-0.15, -0.1) is 26.6 Å². The molecule has 3 N–H and O–H groups in total. The number of hydrogen-bond acceptors (Lipinski definition) is 10. The molecule has 3 rings (SSSR count). The molecule has 0 bridgehead atoms. The van der Waals surface area contributed by atoms with E-state index in [1.807, 2.05) is 0 Å². The lowest BCUT2D eigenvalue weighted by Crippen LogP contribution is -2.56. The standard InChI is InChI=1S/C18H20ClF3N4O7S/c1-8-3-5-10(6-4-8)34(30,31)33-17-15(18(20,21)22)24-26(25-17)9(2)23-16-12(19)14(29)13(28)11(7-27)32-16/h3-6,11-14,16,27-29H,7H2,1-2H3/b23-9+/t11-,12?,13-,14-,16?/m1/s1. The number of aryl methyl sites for hydroxylation is 1. The zero-order valence-corrected chi connectivity index (χ0v) is 19.2. The average Bonchev–Trinajstić information content (AvgIpc) is 3.18. The van der Waals surface area contributed by atoms with Crippen LogP contribution >= 0.6 is 11.6 Å². The van der Waals surface area contributed by atoms with Crippen LogP contribution in [0.2, 0.25) is 0 Å². The quantitative estimate of drug-likeness (QED) is 0.220.